The molecule has 0 fully saturated rings. The van der Waals surface area contributed by atoms with E-state index in [9.17, 15) is 4.79 Å². The fourth-order valence-corrected chi connectivity index (χ4v) is 2.64. The quantitative estimate of drug-likeness (QED) is 0.645. The number of carbonyl (C=O) groups is 1. The van der Waals surface area contributed by atoms with Crippen molar-refractivity contribution in [3.63, 3.8) is 0 Å². The molecule has 3 aromatic rings. The van der Waals surface area contributed by atoms with Gasteiger partial charge in [-0.1, -0.05) is 46.3 Å². The second-order valence-electron chi connectivity index (χ2n) is 5.06. The zero-order valence-electron chi connectivity index (χ0n) is 12.8. The maximum absolute atomic E-state index is 12.6. The summed E-state index contributed by atoms with van der Waals surface area (Å²) in [6.45, 7) is 0. The van der Waals surface area contributed by atoms with Crippen LogP contribution in [-0.4, -0.2) is 30.1 Å². The summed E-state index contributed by atoms with van der Waals surface area (Å²) in [6, 6.07) is 17.3. The van der Waals surface area contributed by atoms with Gasteiger partial charge >= 0.3 is 0 Å². The number of rotatable bonds is 3. The molecule has 0 N–H and O–H groups in total. The predicted octanol–water partition coefficient (Wildman–Crippen LogP) is 4.30. The maximum atomic E-state index is 12.6. The molecule has 1 heterocycles. The molecule has 0 saturated heterocycles. The van der Waals surface area contributed by atoms with Gasteiger partial charge in [0.1, 0.15) is 0 Å². The summed E-state index contributed by atoms with van der Waals surface area (Å²) < 4.78 is 0.998. The van der Waals surface area contributed by atoms with Crippen LogP contribution < -0.4 is 0 Å². The smallest absolute Gasteiger partial charge is 0.274 e. The molecule has 0 radical (unpaired) electrons. The Bertz CT molecular complexity index is 863. The monoisotopic (exact) mass is 370 g/mol. The van der Waals surface area contributed by atoms with Crippen molar-refractivity contribution in [2.24, 2.45) is 0 Å². The minimum absolute atomic E-state index is 0.204. The highest BCUT2D eigenvalue weighted by molar-refractivity contribution is 9.10. The van der Waals surface area contributed by atoms with Crippen LogP contribution in [0, 0.1) is 0 Å². The Labute approximate surface area is 142 Å². The van der Waals surface area contributed by atoms with Gasteiger partial charge < -0.3 is 0 Å². The van der Waals surface area contributed by atoms with Gasteiger partial charge in [-0.25, -0.2) is 10.0 Å². The molecule has 1 amide bonds. The highest BCUT2D eigenvalue weighted by Crippen LogP contribution is 2.26. The Morgan fingerprint density at radius 2 is 1.83 bits per heavy atom. The first-order chi connectivity index (χ1) is 11.1. The first kappa shape index (κ1) is 15.6. The third kappa shape index (κ3) is 3.11. The number of para-hydroxylation sites is 1. The minimum atomic E-state index is -0.204. The third-order valence-corrected chi connectivity index (χ3v) is 4.18. The van der Waals surface area contributed by atoms with E-state index >= 15 is 0 Å². The Balaban J connectivity index is 2.21. The molecule has 0 bridgehead atoms. The van der Waals surface area contributed by atoms with Crippen molar-refractivity contribution < 1.29 is 9.63 Å². The SMILES string of the molecule is CON(C)C(=O)c1cc(-c2ccc(Br)cc2)nc2ccccc12. The highest BCUT2D eigenvalue weighted by atomic mass is 79.9. The average molecular weight is 371 g/mol. The Hall–Kier alpha value is -2.24. The van der Waals surface area contributed by atoms with E-state index in [0.717, 1.165) is 26.6 Å². The van der Waals surface area contributed by atoms with Gasteiger partial charge in [-0.3, -0.25) is 9.63 Å². The number of hydrogen-bond acceptors (Lipinski definition) is 3. The Kier molecular flexibility index (Phi) is 4.41. The van der Waals surface area contributed by atoms with E-state index in [4.69, 9.17) is 4.84 Å². The van der Waals surface area contributed by atoms with Crippen LogP contribution in [-0.2, 0) is 4.84 Å². The first-order valence-corrected chi connectivity index (χ1v) is 7.87. The van der Waals surface area contributed by atoms with Crippen LogP contribution in [0.25, 0.3) is 22.2 Å². The predicted molar refractivity (Wildman–Crippen MR) is 94.0 cm³/mol. The minimum Gasteiger partial charge on any atom is -0.274 e. The van der Waals surface area contributed by atoms with Crippen molar-refractivity contribution in [2.45, 2.75) is 0 Å². The van der Waals surface area contributed by atoms with E-state index in [0.29, 0.717) is 5.56 Å². The molecule has 0 aliphatic carbocycles. The van der Waals surface area contributed by atoms with E-state index in [1.807, 2.05) is 54.6 Å². The second kappa shape index (κ2) is 6.48. The molecule has 23 heavy (non-hydrogen) atoms. The molecule has 0 saturated carbocycles. The number of carbonyl (C=O) groups excluding carboxylic acids is 1. The van der Waals surface area contributed by atoms with Crippen molar-refractivity contribution in [3.05, 3.63) is 64.6 Å². The number of nitrogens with zero attached hydrogens (tertiary/aromatic N) is 2. The van der Waals surface area contributed by atoms with Crippen molar-refractivity contribution in [3.8, 4) is 11.3 Å². The fraction of sp³-hybridized carbons (Fsp3) is 0.111. The summed E-state index contributed by atoms with van der Waals surface area (Å²) in [5.74, 6) is -0.204. The number of halogens is 1. The molecule has 0 aliphatic rings. The number of fused-ring (bicyclic) bond motifs is 1. The van der Waals surface area contributed by atoms with E-state index in [1.165, 1.54) is 12.2 Å². The number of hydrogen-bond donors (Lipinski definition) is 0. The van der Waals surface area contributed by atoms with Crippen molar-refractivity contribution in [2.75, 3.05) is 14.2 Å². The maximum Gasteiger partial charge on any atom is 0.277 e. The van der Waals surface area contributed by atoms with Gasteiger partial charge in [-0.15, -0.1) is 0 Å². The van der Waals surface area contributed by atoms with Crippen LogP contribution in [0.2, 0.25) is 0 Å². The van der Waals surface area contributed by atoms with Crippen LogP contribution in [0.4, 0.5) is 0 Å². The first-order valence-electron chi connectivity index (χ1n) is 7.08. The second-order valence-corrected chi connectivity index (χ2v) is 5.98. The summed E-state index contributed by atoms with van der Waals surface area (Å²) in [6.07, 6.45) is 0. The number of aromatic nitrogens is 1. The third-order valence-electron chi connectivity index (χ3n) is 3.65. The van der Waals surface area contributed by atoms with Gasteiger partial charge in [0.05, 0.1) is 23.9 Å². The molecule has 0 unspecified atom stereocenters. The van der Waals surface area contributed by atoms with Gasteiger partial charge in [-0.2, -0.15) is 0 Å². The summed E-state index contributed by atoms with van der Waals surface area (Å²) in [4.78, 5) is 22.3. The lowest BCUT2D eigenvalue weighted by Gasteiger charge is -2.16. The lowest BCUT2D eigenvalue weighted by Crippen LogP contribution is -2.25. The van der Waals surface area contributed by atoms with E-state index in [1.54, 1.807) is 7.05 Å². The molecule has 0 atom stereocenters. The lowest BCUT2D eigenvalue weighted by molar-refractivity contribution is -0.0755. The molecule has 4 nitrogen and oxygen atoms in total. The Morgan fingerprint density at radius 1 is 1.13 bits per heavy atom. The molecule has 3 rings (SSSR count). The standard InChI is InChI=1S/C18H15BrN2O2/c1-21(23-2)18(22)15-11-17(12-7-9-13(19)10-8-12)20-16-6-4-3-5-14(15)16/h3-11H,1-2H3. The normalized spacial score (nSPS) is 10.7. The van der Waals surface area contributed by atoms with Crippen molar-refractivity contribution >= 4 is 32.7 Å². The van der Waals surface area contributed by atoms with Crippen LogP contribution in [0.3, 0.4) is 0 Å². The number of amides is 1. The van der Waals surface area contributed by atoms with Gasteiger partial charge in [0.25, 0.3) is 5.91 Å². The summed E-state index contributed by atoms with van der Waals surface area (Å²) in [5, 5.41) is 2.02. The van der Waals surface area contributed by atoms with Gasteiger partial charge in [-0.05, 0) is 24.3 Å². The number of hydroxylamine groups is 2. The van der Waals surface area contributed by atoms with Gasteiger partial charge in [0, 0.05) is 22.5 Å². The molecule has 0 spiro atoms. The summed E-state index contributed by atoms with van der Waals surface area (Å²) in [5.41, 5.74) is 3.05. The topological polar surface area (TPSA) is 42.4 Å². The largest absolute Gasteiger partial charge is 0.277 e. The molecule has 5 heteroatoms. The van der Waals surface area contributed by atoms with Crippen molar-refractivity contribution in [1.82, 2.24) is 10.0 Å². The molecule has 1 aromatic heterocycles. The molecule has 116 valence electrons. The average Bonchev–Trinajstić information content (AvgIpc) is 2.60. The van der Waals surface area contributed by atoms with E-state index in [2.05, 4.69) is 20.9 Å². The van der Waals surface area contributed by atoms with Crippen LogP contribution in [0.5, 0.6) is 0 Å². The highest BCUT2D eigenvalue weighted by Gasteiger charge is 2.17. The zero-order valence-corrected chi connectivity index (χ0v) is 14.4. The number of pyridine rings is 1. The molecular weight excluding hydrogens is 356 g/mol. The van der Waals surface area contributed by atoms with E-state index in [-0.39, 0.29) is 5.91 Å². The summed E-state index contributed by atoms with van der Waals surface area (Å²) in [7, 11) is 3.06. The van der Waals surface area contributed by atoms with Gasteiger partial charge in [0.15, 0.2) is 0 Å². The Morgan fingerprint density at radius 3 is 2.52 bits per heavy atom. The number of benzene rings is 2. The van der Waals surface area contributed by atoms with Crippen LogP contribution in [0.15, 0.2) is 59.1 Å². The lowest BCUT2D eigenvalue weighted by atomic mass is 10.0. The van der Waals surface area contributed by atoms with Crippen LogP contribution >= 0.6 is 15.9 Å². The fourth-order valence-electron chi connectivity index (χ4n) is 2.37. The summed E-state index contributed by atoms with van der Waals surface area (Å²) >= 11 is 3.43. The molecular formula is C18H15BrN2O2. The zero-order chi connectivity index (χ0) is 16.4. The van der Waals surface area contributed by atoms with Crippen molar-refractivity contribution in [1.29, 1.82) is 0 Å². The van der Waals surface area contributed by atoms with Gasteiger partial charge in [0.2, 0.25) is 0 Å². The van der Waals surface area contributed by atoms with Crippen LogP contribution in [0.1, 0.15) is 10.4 Å². The molecule has 2 aromatic carbocycles. The molecule has 0 aliphatic heterocycles. The van der Waals surface area contributed by atoms with E-state index < -0.39 is 0 Å².